The molecule has 0 fully saturated rings. The van der Waals surface area contributed by atoms with Gasteiger partial charge in [-0.15, -0.1) is 0 Å². The molecule has 0 aliphatic carbocycles. The lowest BCUT2D eigenvalue weighted by atomic mass is 10.1. The minimum atomic E-state index is 0.469. The number of benzene rings is 2. The van der Waals surface area contributed by atoms with Crippen LogP contribution in [0, 0.1) is 0 Å². The van der Waals surface area contributed by atoms with Gasteiger partial charge in [0.25, 0.3) is 0 Å². The van der Waals surface area contributed by atoms with E-state index in [2.05, 4.69) is 17.2 Å². The standard InChI is InChI=1S/C16H20N4O/c1-3-11-8-13(17)6-7-15(11)19-20-16-9-14(18)5-4-12(16)10-21-2/h4-9H,3,10,17-18H2,1-2H3. The largest absolute Gasteiger partial charge is 0.399 e. The molecule has 0 heterocycles. The van der Waals surface area contributed by atoms with Gasteiger partial charge in [-0.3, -0.25) is 0 Å². The lowest BCUT2D eigenvalue weighted by Crippen LogP contribution is -1.91. The summed E-state index contributed by atoms with van der Waals surface area (Å²) < 4.78 is 5.16. The third-order valence-electron chi connectivity index (χ3n) is 3.16. The van der Waals surface area contributed by atoms with Crippen LogP contribution in [0.3, 0.4) is 0 Å². The van der Waals surface area contributed by atoms with E-state index in [1.54, 1.807) is 13.2 Å². The maximum atomic E-state index is 5.81. The van der Waals surface area contributed by atoms with Gasteiger partial charge in [0.2, 0.25) is 0 Å². The minimum absolute atomic E-state index is 0.469. The average molecular weight is 284 g/mol. The molecule has 0 saturated carbocycles. The molecule has 110 valence electrons. The van der Waals surface area contributed by atoms with Crippen LogP contribution in [-0.4, -0.2) is 7.11 Å². The Bertz CT molecular complexity index is 653. The van der Waals surface area contributed by atoms with Crippen LogP contribution in [0.5, 0.6) is 0 Å². The Kier molecular flexibility index (Phi) is 4.90. The second kappa shape index (κ2) is 6.85. The van der Waals surface area contributed by atoms with Crippen molar-refractivity contribution >= 4 is 22.7 Å². The van der Waals surface area contributed by atoms with Crippen molar-refractivity contribution < 1.29 is 4.74 Å². The smallest absolute Gasteiger partial charge is 0.0932 e. The molecule has 5 nitrogen and oxygen atoms in total. The van der Waals surface area contributed by atoms with Gasteiger partial charge in [0, 0.05) is 24.0 Å². The quantitative estimate of drug-likeness (QED) is 0.643. The summed E-state index contributed by atoms with van der Waals surface area (Å²) in [6, 6.07) is 11.1. The normalized spacial score (nSPS) is 11.1. The highest BCUT2D eigenvalue weighted by Crippen LogP contribution is 2.28. The van der Waals surface area contributed by atoms with E-state index in [1.165, 1.54) is 0 Å². The molecular formula is C16H20N4O. The highest BCUT2D eigenvalue weighted by molar-refractivity contribution is 5.57. The zero-order valence-electron chi connectivity index (χ0n) is 12.3. The van der Waals surface area contributed by atoms with Crippen LogP contribution in [-0.2, 0) is 17.8 Å². The van der Waals surface area contributed by atoms with Crippen LogP contribution < -0.4 is 11.5 Å². The zero-order valence-corrected chi connectivity index (χ0v) is 12.3. The van der Waals surface area contributed by atoms with E-state index in [-0.39, 0.29) is 0 Å². The lowest BCUT2D eigenvalue weighted by Gasteiger charge is -2.06. The summed E-state index contributed by atoms with van der Waals surface area (Å²) in [7, 11) is 1.65. The molecular weight excluding hydrogens is 264 g/mol. The average Bonchev–Trinajstić information content (AvgIpc) is 2.48. The SMILES string of the molecule is CCc1cc(N)ccc1N=Nc1cc(N)ccc1COC. The van der Waals surface area contributed by atoms with Crippen molar-refractivity contribution in [1.82, 2.24) is 0 Å². The van der Waals surface area contributed by atoms with Crippen molar-refractivity contribution in [2.45, 2.75) is 20.0 Å². The molecule has 0 aliphatic heterocycles. The molecule has 2 rings (SSSR count). The summed E-state index contributed by atoms with van der Waals surface area (Å²) in [6.07, 6.45) is 0.848. The maximum Gasteiger partial charge on any atom is 0.0932 e. The highest BCUT2D eigenvalue weighted by atomic mass is 16.5. The van der Waals surface area contributed by atoms with Gasteiger partial charge in [0.15, 0.2) is 0 Å². The van der Waals surface area contributed by atoms with E-state index >= 15 is 0 Å². The van der Waals surface area contributed by atoms with Gasteiger partial charge < -0.3 is 16.2 Å². The fraction of sp³-hybridized carbons (Fsp3) is 0.250. The molecule has 0 amide bonds. The van der Waals surface area contributed by atoms with Crippen LogP contribution >= 0.6 is 0 Å². The van der Waals surface area contributed by atoms with E-state index in [0.29, 0.717) is 12.3 Å². The Hall–Kier alpha value is -2.40. The predicted octanol–water partition coefficient (Wildman–Crippen LogP) is 3.98. The van der Waals surface area contributed by atoms with Gasteiger partial charge in [-0.1, -0.05) is 13.0 Å². The Morgan fingerprint density at radius 2 is 1.57 bits per heavy atom. The van der Waals surface area contributed by atoms with Crippen LogP contribution in [0.1, 0.15) is 18.1 Å². The van der Waals surface area contributed by atoms with Gasteiger partial charge in [-0.05, 0) is 42.3 Å². The molecule has 2 aromatic carbocycles. The number of ether oxygens (including phenoxy) is 1. The van der Waals surface area contributed by atoms with E-state index in [1.807, 2.05) is 30.3 Å². The van der Waals surface area contributed by atoms with Crippen LogP contribution in [0.25, 0.3) is 0 Å². The number of hydrogen-bond donors (Lipinski definition) is 2. The van der Waals surface area contributed by atoms with E-state index in [0.717, 1.165) is 34.6 Å². The zero-order chi connectivity index (χ0) is 15.2. The second-order valence-corrected chi connectivity index (χ2v) is 4.76. The number of rotatable bonds is 5. The number of hydrogen-bond acceptors (Lipinski definition) is 5. The number of azo groups is 1. The molecule has 0 atom stereocenters. The molecule has 0 unspecified atom stereocenters. The summed E-state index contributed by atoms with van der Waals surface area (Å²) in [5, 5.41) is 8.65. The van der Waals surface area contributed by atoms with Crippen LogP contribution in [0.4, 0.5) is 22.7 Å². The number of nitrogens with two attached hydrogens (primary N) is 2. The molecule has 0 bridgehead atoms. The number of nitrogen functional groups attached to an aromatic ring is 2. The van der Waals surface area contributed by atoms with Crippen molar-refractivity contribution in [3.63, 3.8) is 0 Å². The van der Waals surface area contributed by atoms with Gasteiger partial charge in [-0.2, -0.15) is 10.2 Å². The summed E-state index contributed by atoms with van der Waals surface area (Å²) >= 11 is 0. The summed E-state index contributed by atoms with van der Waals surface area (Å²) in [5.41, 5.74) is 16.5. The molecule has 0 radical (unpaired) electrons. The van der Waals surface area contributed by atoms with E-state index < -0.39 is 0 Å². The third kappa shape index (κ3) is 3.79. The maximum absolute atomic E-state index is 5.81. The van der Waals surface area contributed by atoms with Gasteiger partial charge >= 0.3 is 0 Å². The van der Waals surface area contributed by atoms with Crippen molar-refractivity contribution in [2.24, 2.45) is 10.2 Å². The molecule has 5 heteroatoms. The monoisotopic (exact) mass is 284 g/mol. The minimum Gasteiger partial charge on any atom is -0.399 e. The molecule has 0 aromatic heterocycles. The fourth-order valence-corrected chi connectivity index (χ4v) is 2.05. The molecule has 2 aromatic rings. The van der Waals surface area contributed by atoms with E-state index in [9.17, 15) is 0 Å². The van der Waals surface area contributed by atoms with Crippen molar-refractivity contribution in [3.8, 4) is 0 Å². The molecule has 0 aliphatic rings. The Morgan fingerprint density at radius 1 is 0.905 bits per heavy atom. The predicted molar refractivity (Wildman–Crippen MR) is 86.0 cm³/mol. The molecule has 21 heavy (non-hydrogen) atoms. The number of nitrogens with zero attached hydrogens (tertiary/aromatic N) is 2. The van der Waals surface area contributed by atoms with Gasteiger partial charge in [-0.25, -0.2) is 0 Å². The fourth-order valence-electron chi connectivity index (χ4n) is 2.05. The second-order valence-electron chi connectivity index (χ2n) is 4.76. The number of anilines is 2. The first-order valence-corrected chi connectivity index (χ1v) is 6.81. The number of aryl methyl sites for hydroxylation is 1. The first kappa shape index (κ1) is 15.0. The third-order valence-corrected chi connectivity index (χ3v) is 3.16. The summed E-state index contributed by atoms with van der Waals surface area (Å²) in [5.74, 6) is 0. The van der Waals surface area contributed by atoms with Crippen molar-refractivity contribution in [3.05, 3.63) is 47.5 Å². The van der Waals surface area contributed by atoms with Crippen molar-refractivity contribution in [1.29, 1.82) is 0 Å². The van der Waals surface area contributed by atoms with E-state index in [4.69, 9.17) is 16.2 Å². The summed E-state index contributed by atoms with van der Waals surface area (Å²) in [4.78, 5) is 0. The Balaban J connectivity index is 2.35. The van der Waals surface area contributed by atoms with Crippen LogP contribution in [0.2, 0.25) is 0 Å². The first-order chi connectivity index (χ1) is 10.1. The molecule has 0 saturated heterocycles. The topological polar surface area (TPSA) is 86.0 Å². The summed E-state index contributed by atoms with van der Waals surface area (Å²) in [6.45, 7) is 2.53. The molecule has 0 spiro atoms. The lowest BCUT2D eigenvalue weighted by molar-refractivity contribution is 0.185. The Labute approximate surface area is 124 Å². The van der Waals surface area contributed by atoms with Gasteiger partial charge in [0.05, 0.1) is 18.0 Å². The highest BCUT2D eigenvalue weighted by Gasteiger charge is 2.04. The number of methoxy groups -OCH3 is 1. The van der Waals surface area contributed by atoms with Gasteiger partial charge in [0.1, 0.15) is 0 Å². The first-order valence-electron chi connectivity index (χ1n) is 6.81. The van der Waals surface area contributed by atoms with Crippen LogP contribution in [0.15, 0.2) is 46.6 Å². The Morgan fingerprint density at radius 3 is 2.29 bits per heavy atom. The molecule has 4 N–H and O–H groups in total. The van der Waals surface area contributed by atoms with Crippen molar-refractivity contribution in [2.75, 3.05) is 18.6 Å².